The van der Waals surface area contributed by atoms with Crippen LogP contribution in [0.25, 0.3) is 0 Å². The Morgan fingerprint density at radius 1 is 1.10 bits per heavy atom. The van der Waals surface area contributed by atoms with Crippen molar-refractivity contribution < 1.29 is 8.42 Å². The molecule has 0 saturated carbocycles. The van der Waals surface area contributed by atoms with Crippen LogP contribution in [0, 0.1) is 13.8 Å². The molecule has 0 amide bonds. The molecule has 0 radical (unpaired) electrons. The highest BCUT2D eigenvalue weighted by atomic mass is 35.5. The van der Waals surface area contributed by atoms with Gasteiger partial charge in [0, 0.05) is 5.69 Å². The lowest BCUT2D eigenvalue weighted by atomic mass is 10.2. The average Bonchev–Trinajstić information content (AvgIpc) is 2.42. The molecule has 0 fully saturated rings. The van der Waals surface area contributed by atoms with E-state index in [0.29, 0.717) is 11.3 Å². The van der Waals surface area contributed by atoms with Gasteiger partial charge in [0.05, 0.1) is 20.6 Å². The maximum Gasteiger partial charge on any atom is 0.262 e. The molecular formula is C14H14Cl2N2O2S. The van der Waals surface area contributed by atoms with Crippen molar-refractivity contribution in [3.8, 4) is 0 Å². The first-order valence-corrected chi connectivity index (χ1v) is 8.30. The van der Waals surface area contributed by atoms with Gasteiger partial charge in [0.1, 0.15) is 0 Å². The van der Waals surface area contributed by atoms with Gasteiger partial charge in [0.2, 0.25) is 0 Å². The van der Waals surface area contributed by atoms with E-state index in [1.54, 1.807) is 38.1 Å². The molecule has 0 aromatic heterocycles. The normalized spacial score (nSPS) is 11.4. The van der Waals surface area contributed by atoms with E-state index in [4.69, 9.17) is 28.9 Å². The van der Waals surface area contributed by atoms with Crippen molar-refractivity contribution in [2.24, 2.45) is 0 Å². The maximum absolute atomic E-state index is 12.5. The number of anilines is 2. The Kier molecular flexibility index (Phi) is 4.37. The number of hydrogen-bond donors (Lipinski definition) is 2. The Morgan fingerprint density at radius 2 is 1.76 bits per heavy atom. The number of aryl methyl sites for hydroxylation is 1. The average molecular weight is 345 g/mol. The first-order chi connectivity index (χ1) is 9.74. The number of sulfonamides is 1. The van der Waals surface area contributed by atoms with Gasteiger partial charge in [-0.25, -0.2) is 8.42 Å². The quantitative estimate of drug-likeness (QED) is 0.826. The highest BCUT2D eigenvalue weighted by Gasteiger charge is 2.21. The van der Waals surface area contributed by atoms with Gasteiger partial charge in [0.15, 0.2) is 0 Å². The van der Waals surface area contributed by atoms with Crippen molar-refractivity contribution in [2.45, 2.75) is 18.7 Å². The van der Waals surface area contributed by atoms with E-state index < -0.39 is 10.0 Å². The Bertz CT molecular complexity index is 805. The zero-order valence-corrected chi connectivity index (χ0v) is 13.8. The van der Waals surface area contributed by atoms with Gasteiger partial charge < -0.3 is 5.73 Å². The van der Waals surface area contributed by atoms with Gasteiger partial charge in [-0.2, -0.15) is 0 Å². The van der Waals surface area contributed by atoms with Gasteiger partial charge in [-0.1, -0.05) is 35.3 Å². The van der Waals surface area contributed by atoms with Crippen LogP contribution >= 0.6 is 23.2 Å². The van der Waals surface area contributed by atoms with Gasteiger partial charge >= 0.3 is 0 Å². The Balaban J connectivity index is 2.53. The van der Waals surface area contributed by atoms with Crippen molar-refractivity contribution in [2.75, 3.05) is 10.5 Å². The van der Waals surface area contributed by atoms with Crippen LogP contribution in [0.5, 0.6) is 0 Å². The highest BCUT2D eigenvalue weighted by Crippen LogP contribution is 2.35. The first kappa shape index (κ1) is 15.9. The summed E-state index contributed by atoms with van der Waals surface area (Å²) in [6.45, 7) is 3.41. The number of hydrogen-bond acceptors (Lipinski definition) is 3. The van der Waals surface area contributed by atoms with Crippen molar-refractivity contribution in [1.82, 2.24) is 0 Å². The second-order valence-corrected chi connectivity index (χ2v) is 7.07. The van der Waals surface area contributed by atoms with Gasteiger partial charge in [-0.15, -0.1) is 0 Å². The summed E-state index contributed by atoms with van der Waals surface area (Å²) in [7, 11) is -3.83. The Hall–Kier alpha value is -1.43. The number of benzene rings is 2. The highest BCUT2D eigenvalue weighted by molar-refractivity contribution is 7.92. The van der Waals surface area contributed by atoms with E-state index in [-0.39, 0.29) is 20.6 Å². The molecule has 7 heteroatoms. The molecule has 4 nitrogen and oxygen atoms in total. The van der Waals surface area contributed by atoms with Crippen LogP contribution in [0.4, 0.5) is 11.4 Å². The molecule has 2 aromatic carbocycles. The monoisotopic (exact) mass is 344 g/mol. The third-order valence-electron chi connectivity index (χ3n) is 3.14. The van der Waals surface area contributed by atoms with E-state index >= 15 is 0 Å². The van der Waals surface area contributed by atoms with Gasteiger partial charge in [-0.05, 0) is 43.2 Å². The molecule has 0 aliphatic heterocycles. The summed E-state index contributed by atoms with van der Waals surface area (Å²) in [6.07, 6.45) is 0. The number of nitrogens with one attached hydrogen (secondary N) is 1. The summed E-state index contributed by atoms with van der Waals surface area (Å²) in [6, 6.07) is 8.00. The molecule has 21 heavy (non-hydrogen) atoms. The summed E-state index contributed by atoms with van der Waals surface area (Å²) in [5, 5.41) is 0.503. The predicted molar refractivity (Wildman–Crippen MR) is 87.6 cm³/mol. The van der Waals surface area contributed by atoms with Gasteiger partial charge in [0.25, 0.3) is 10.0 Å². The van der Waals surface area contributed by atoms with E-state index in [0.717, 1.165) is 5.56 Å². The van der Waals surface area contributed by atoms with E-state index in [1.807, 2.05) is 0 Å². The van der Waals surface area contributed by atoms with Gasteiger partial charge in [-0.3, -0.25) is 4.72 Å². The molecule has 0 bridgehead atoms. The third-order valence-corrected chi connectivity index (χ3v) is 5.43. The largest absolute Gasteiger partial charge is 0.398 e. The summed E-state index contributed by atoms with van der Waals surface area (Å²) >= 11 is 12.2. The topological polar surface area (TPSA) is 72.2 Å². The SMILES string of the molecule is Cc1ccc(Cl)c(NS(=O)(=O)c2cccc(N)c2C)c1Cl. The summed E-state index contributed by atoms with van der Waals surface area (Å²) in [5.41, 5.74) is 7.52. The molecule has 0 unspecified atom stereocenters. The molecule has 112 valence electrons. The fraction of sp³-hybridized carbons (Fsp3) is 0.143. The van der Waals surface area contributed by atoms with E-state index in [1.165, 1.54) is 6.07 Å². The van der Waals surface area contributed by atoms with Crippen molar-refractivity contribution >= 4 is 44.6 Å². The summed E-state index contributed by atoms with van der Waals surface area (Å²) < 4.78 is 27.4. The van der Waals surface area contributed by atoms with Crippen molar-refractivity contribution in [3.63, 3.8) is 0 Å². The van der Waals surface area contributed by atoms with Crippen LogP contribution in [-0.2, 0) is 10.0 Å². The van der Waals surface area contributed by atoms with Crippen LogP contribution < -0.4 is 10.5 Å². The number of nitrogen functional groups attached to an aromatic ring is 1. The van der Waals surface area contributed by atoms with Crippen molar-refractivity contribution in [1.29, 1.82) is 0 Å². The van der Waals surface area contributed by atoms with Crippen LogP contribution in [0.15, 0.2) is 35.2 Å². The molecule has 0 atom stereocenters. The minimum Gasteiger partial charge on any atom is -0.398 e. The second kappa shape index (κ2) is 5.75. The fourth-order valence-corrected chi connectivity index (χ4v) is 3.81. The van der Waals surface area contributed by atoms with Crippen LogP contribution in [0.3, 0.4) is 0 Å². The van der Waals surface area contributed by atoms with E-state index in [2.05, 4.69) is 4.72 Å². The molecule has 0 saturated heterocycles. The molecular weight excluding hydrogens is 331 g/mol. The van der Waals surface area contributed by atoms with Crippen LogP contribution in [0.1, 0.15) is 11.1 Å². The van der Waals surface area contributed by atoms with Crippen molar-refractivity contribution in [3.05, 3.63) is 51.5 Å². The lowest BCUT2D eigenvalue weighted by Crippen LogP contribution is -2.15. The standard InChI is InChI=1S/C14H14Cl2N2O2S/c1-8-6-7-10(15)14(13(8)16)18-21(19,20)12-5-3-4-11(17)9(12)2/h3-7,18H,17H2,1-2H3. The molecule has 2 rings (SSSR count). The molecule has 0 aliphatic rings. The number of halogens is 2. The molecule has 3 N–H and O–H groups in total. The lowest BCUT2D eigenvalue weighted by Gasteiger charge is -2.14. The minimum atomic E-state index is -3.83. The van der Waals surface area contributed by atoms with Crippen LogP contribution in [-0.4, -0.2) is 8.42 Å². The third kappa shape index (κ3) is 3.10. The summed E-state index contributed by atoms with van der Waals surface area (Å²) in [5.74, 6) is 0. The zero-order chi connectivity index (χ0) is 15.8. The molecule has 0 spiro atoms. The van der Waals surface area contributed by atoms with Crippen LogP contribution in [0.2, 0.25) is 10.0 Å². The Morgan fingerprint density at radius 3 is 2.43 bits per heavy atom. The molecule has 0 aliphatic carbocycles. The lowest BCUT2D eigenvalue weighted by molar-refractivity contribution is 0.600. The first-order valence-electron chi connectivity index (χ1n) is 6.06. The molecule has 0 heterocycles. The number of rotatable bonds is 3. The smallest absolute Gasteiger partial charge is 0.262 e. The number of nitrogens with two attached hydrogens (primary N) is 1. The predicted octanol–water partition coefficient (Wildman–Crippen LogP) is 3.99. The zero-order valence-electron chi connectivity index (χ0n) is 11.4. The second-order valence-electron chi connectivity index (χ2n) is 4.63. The Labute approximate surface area is 133 Å². The molecule has 2 aromatic rings. The van der Waals surface area contributed by atoms with E-state index in [9.17, 15) is 8.42 Å². The minimum absolute atomic E-state index is 0.0936. The summed E-state index contributed by atoms with van der Waals surface area (Å²) in [4.78, 5) is 0.0936. The maximum atomic E-state index is 12.5. The fourth-order valence-electron chi connectivity index (χ4n) is 1.86.